The zero-order valence-electron chi connectivity index (χ0n) is 12.2. The maximum Gasteiger partial charge on any atom is 0.257 e. The van der Waals surface area contributed by atoms with Crippen LogP contribution in [0.5, 0.6) is 0 Å². The van der Waals surface area contributed by atoms with E-state index in [1.54, 1.807) is 29.4 Å². The van der Waals surface area contributed by atoms with Gasteiger partial charge in [-0.1, -0.05) is 25.6 Å². The van der Waals surface area contributed by atoms with Crippen molar-refractivity contribution in [3.8, 4) is 0 Å². The largest absolute Gasteiger partial charge is 0.356 e. The molecule has 20 heavy (non-hydrogen) atoms. The van der Waals surface area contributed by atoms with E-state index in [2.05, 4.69) is 24.1 Å². The Labute approximate surface area is 123 Å². The molecule has 5 nitrogen and oxygen atoms in total. The molecule has 0 saturated heterocycles. The highest BCUT2D eigenvalue weighted by atomic mass is 32.2. The smallest absolute Gasteiger partial charge is 0.257 e. The molecule has 2 rings (SSSR count). The number of aromatic nitrogens is 2. The number of hydrogen-bond acceptors (Lipinski definition) is 4. The number of fused-ring (bicyclic) bond motifs is 1. The predicted octanol–water partition coefficient (Wildman–Crippen LogP) is 1.75. The fraction of sp³-hybridized carbons (Fsp3) is 0.643. The van der Waals surface area contributed by atoms with Crippen molar-refractivity contribution in [2.45, 2.75) is 44.8 Å². The number of nitrogens with one attached hydrogen (secondary N) is 1. The number of rotatable bonds is 5. The molecule has 110 valence electrons. The Kier molecular flexibility index (Phi) is 4.86. The number of carbonyl (C=O) groups is 1. The highest BCUT2D eigenvalue weighted by molar-refractivity contribution is 7.99. The van der Waals surface area contributed by atoms with Crippen molar-refractivity contribution in [3.05, 3.63) is 22.1 Å². The molecular weight excluding hydrogens is 274 g/mol. The third kappa shape index (κ3) is 3.42. The van der Waals surface area contributed by atoms with Crippen molar-refractivity contribution in [1.82, 2.24) is 14.9 Å². The summed E-state index contributed by atoms with van der Waals surface area (Å²) >= 11 is 1.54. The number of carbonyl (C=O) groups excluding carboxylic acids is 1. The topological polar surface area (TPSA) is 64.0 Å². The van der Waals surface area contributed by atoms with Crippen molar-refractivity contribution in [1.29, 1.82) is 0 Å². The van der Waals surface area contributed by atoms with Crippen LogP contribution in [-0.4, -0.2) is 27.8 Å². The Bertz CT molecular complexity index is 554. The van der Waals surface area contributed by atoms with Crippen LogP contribution < -0.4 is 10.9 Å². The molecule has 0 radical (unpaired) electrons. The molecule has 1 N–H and O–H groups in total. The first kappa shape index (κ1) is 15.1. The molecule has 0 spiro atoms. The molecule has 2 heterocycles. The van der Waals surface area contributed by atoms with Crippen LogP contribution in [0.25, 0.3) is 0 Å². The Morgan fingerprint density at radius 2 is 2.35 bits per heavy atom. The molecule has 0 saturated carbocycles. The summed E-state index contributed by atoms with van der Waals surface area (Å²) in [5.41, 5.74) is 0.599. The first-order chi connectivity index (χ1) is 9.49. The SMILES string of the molecule is Cc1cnc2n(c1=O)C(CC(=O)NCCC(C)C)CS2. The summed E-state index contributed by atoms with van der Waals surface area (Å²) in [6.45, 7) is 6.71. The molecular formula is C14H21N3O2S. The molecule has 1 aromatic heterocycles. The minimum atomic E-state index is -0.0750. The molecule has 0 fully saturated rings. The maximum atomic E-state index is 12.1. The predicted molar refractivity (Wildman–Crippen MR) is 80.1 cm³/mol. The van der Waals surface area contributed by atoms with Crippen LogP contribution in [0.15, 0.2) is 16.1 Å². The van der Waals surface area contributed by atoms with Crippen LogP contribution in [0.2, 0.25) is 0 Å². The van der Waals surface area contributed by atoms with Crippen molar-refractivity contribution < 1.29 is 4.79 Å². The second-order valence-corrected chi connectivity index (χ2v) is 6.59. The lowest BCUT2D eigenvalue weighted by molar-refractivity contribution is -0.121. The Morgan fingerprint density at radius 1 is 1.60 bits per heavy atom. The van der Waals surface area contributed by atoms with Gasteiger partial charge in [-0.3, -0.25) is 14.2 Å². The Hall–Kier alpha value is -1.30. The van der Waals surface area contributed by atoms with Crippen LogP contribution >= 0.6 is 11.8 Å². The van der Waals surface area contributed by atoms with Gasteiger partial charge in [0.1, 0.15) is 0 Å². The average molecular weight is 295 g/mol. The molecule has 1 unspecified atom stereocenters. The monoisotopic (exact) mass is 295 g/mol. The number of amides is 1. The molecule has 1 atom stereocenters. The normalized spacial score (nSPS) is 17.3. The second kappa shape index (κ2) is 6.43. The zero-order valence-corrected chi connectivity index (χ0v) is 13.0. The summed E-state index contributed by atoms with van der Waals surface area (Å²) in [6, 6.07) is -0.0750. The lowest BCUT2D eigenvalue weighted by Crippen LogP contribution is -2.32. The maximum absolute atomic E-state index is 12.1. The fourth-order valence-corrected chi connectivity index (χ4v) is 3.26. The van der Waals surface area contributed by atoms with Gasteiger partial charge in [-0.2, -0.15) is 0 Å². The number of nitrogens with zero attached hydrogens (tertiary/aromatic N) is 2. The Morgan fingerprint density at radius 3 is 3.05 bits per heavy atom. The molecule has 0 aliphatic carbocycles. The molecule has 1 amide bonds. The van der Waals surface area contributed by atoms with Gasteiger partial charge in [-0.15, -0.1) is 0 Å². The molecule has 0 bridgehead atoms. The van der Waals surface area contributed by atoms with Crippen LogP contribution in [0.4, 0.5) is 0 Å². The molecule has 1 aromatic rings. The van der Waals surface area contributed by atoms with Gasteiger partial charge in [0, 0.05) is 30.5 Å². The van der Waals surface area contributed by atoms with Gasteiger partial charge >= 0.3 is 0 Å². The lowest BCUT2D eigenvalue weighted by Gasteiger charge is -2.14. The van der Waals surface area contributed by atoms with E-state index in [4.69, 9.17) is 0 Å². The zero-order chi connectivity index (χ0) is 14.7. The van der Waals surface area contributed by atoms with Gasteiger partial charge in [-0.05, 0) is 19.3 Å². The van der Waals surface area contributed by atoms with Crippen molar-refractivity contribution in [2.24, 2.45) is 5.92 Å². The summed E-state index contributed by atoms with van der Waals surface area (Å²) in [5.74, 6) is 1.33. The van der Waals surface area contributed by atoms with Gasteiger partial charge in [0.05, 0.1) is 6.04 Å². The number of thioether (sulfide) groups is 1. The lowest BCUT2D eigenvalue weighted by atomic mass is 10.1. The van der Waals surface area contributed by atoms with E-state index < -0.39 is 0 Å². The van der Waals surface area contributed by atoms with Gasteiger partial charge in [-0.25, -0.2) is 4.98 Å². The summed E-state index contributed by atoms with van der Waals surface area (Å²) in [7, 11) is 0. The highest BCUT2D eigenvalue weighted by Crippen LogP contribution is 2.31. The van der Waals surface area contributed by atoms with Crippen LogP contribution in [-0.2, 0) is 4.79 Å². The number of hydrogen-bond donors (Lipinski definition) is 1. The van der Waals surface area contributed by atoms with Crippen molar-refractivity contribution >= 4 is 17.7 Å². The minimum absolute atomic E-state index is 0.0116. The first-order valence-electron chi connectivity index (χ1n) is 6.96. The van der Waals surface area contributed by atoms with E-state index in [9.17, 15) is 9.59 Å². The average Bonchev–Trinajstić information content (AvgIpc) is 2.77. The van der Waals surface area contributed by atoms with E-state index in [-0.39, 0.29) is 17.5 Å². The summed E-state index contributed by atoms with van der Waals surface area (Å²) in [4.78, 5) is 28.3. The number of aryl methyl sites for hydroxylation is 1. The molecule has 6 heteroatoms. The van der Waals surface area contributed by atoms with Crippen LogP contribution in [0, 0.1) is 12.8 Å². The van der Waals surface area contributed by atoms with Gasteiger partial charge in [0.15, 0.2) is 5.16 Å². The van der Waals surface area contributed by atoms with Crippen LogP contribution in [0.3, 0.4) is 0 Å². The molecule has 0 aromatic carbocycles. The van der Waals surface area contributed by atoms with Gasteiger partial charge < -0.3 is 5.32 Å². The van der Waals surface area contributed by atoms with E-state index in [0.29, 0.717) is 24.4 Å². The van der Waals surface area contributed by atoms with E-state index in [1.165, 1.54) is 0 Å². The third-order valence-corrected chi connectivity index (χ3v) is 4.48. The van der Waals surface area contributed by atoms with E-state index in [1.807, 2.05) is 0 Å². The van der Waals surface area contributed by atoms with Gasteiger partial charge in [0.25, 0.3) is 5.56 Å². The van der Waals surface area contributed by atoms with Crippen molar-refractivity contribution in [2.75, 3.05) is 12.3 Å². The molecule has 1 aliphatic rings. The standard InChI is InChI=1S/C14H21N3O2S/c1-9(2)4-5-15-12(18)6-11-8-20-14-16-7-10(3)13(19)17(11)14/h7,9,11H,4-6,8H2,1-3H3,(H,15,18). The Balaban J connectivity index is 1.99. The third-order valence-electron chi connectivity index (χ3n) is 3.37. The summed E-state index contributed by atoms with van der Waals surface area (Å²) < 4.78 is 1.67. The quantitative estimate of drug-likeness (QED) is 0.841. The van der Waals surface area contributed by atoms with E-state index >= 15 is 0 Å². The second-order valence-electron chi connectivity index (χ2n) is 5.60. The fourth-order valence-electron chi connectivity index (χ4n) is 2.16. The molecule has 1 aliphatic heterocycles. The summed E-state index contributed by atoms with van der Waals surface area (Å²) in [6.07, 6.45) is 2.93. The van der Waals surface area contributed by atoms with Crippen molar-refractivity contribution in [3.63, 3.8) is 0 Å². The van der Waals surface area contributed by atoms with E-state index in [0.717, 1.165) is 17.3 Å². The minimum Gasteiger partial charge on any atom is -0.356 e. The highest BCUT2D eigenvalue weighted by Gasteiger charge is 2.27. The van der Waals surface area contributed by atoms with Gasteiger partial charge in [0.2, 0.25) is 5.91 Å². The first-order valence-corrected chi connectivity index (χ1v) is 7.95. The van der Waals surface area contributed by atoms with Crippen LogP contribution in [0.1, 0.15) is 38.3 Å². The summed E-state index contributed by atoms with van der Waals surface area (Å²) in [5, 5.41) is 3.64.